The number of aliphatic imine (C=N–C) groups is 1. The van der Waals surface area contributed by atoms with Crippen LogP contribution in [-0.2, 0) is 9.53 Å². The summed E-state index contributed by atoms with van der Waals surface area (Å²) in [4.78, 5) is 15.2. The lowest BCUT2D eigenvalue weighted by Gasteiger charge is -2.28. The normalized spacial score (nSPS) is 13.2. The standard InChI is InChI=1S/C16H12BrF7N2O2/c1-2-28-13(27)6-10(7-14(18,19)15(20,21)16(22,23)24)26-12-4-3-9(8-25)5-11(12)17/h3-5H,2,6-7H2,1H3. The number of nitrogens with zero attached hydrogens (tertiary/aromatic N) is 2. The average molecular weight is 477 g/mol. The number of carbonyl (C=O) groups is 1. The van der Waals surface area contributed by atoms with E-state index in [0.717, 1.165) is 6.07 Å². The first-order valence-corrected chi connectivity index (χ1v) is 8.28. The summed E-state index contributed by atoms with van der Waals surface area (Å²) in [6.45, 7) is 1.22. The number of hydrogen-bond acceptors (Lipinski definition) is 4. The van der Waals surface area contributed by atoms with Gasteiger partial charge in [-0.25, -0.2) is 0 Å². The highest BCUT2D eigenvalue weighted by Crippen LogP contribution is 2.48. The second-order valence-corrected chi connectivity index (χ2v) is 6.25. The Kier molecular flexibility index (Phi) is 7.59. The molecular formula is C16H12BrF7N2O2. The van der Waals surface area contributed by atoms with E-state index in [9.17, 15) is 35.5 Å². The lowest BCUT2D eigenvalue weighted by molar-refractivity contribution is -0.352. The maximum atomic E-state index is 13.7. The van der Waals surface area contributed by atoms with Crippen LogP contribution < -0.4 is 0 Å². The summed E-state index contributed by atoms with van der Waals surface area (Å²) in [5.41, 5.74) is -0.950. The molecular weight excluding hydrogens is 465 g/mol. The molecule has 28 heavy (non-hydrogen) atoms. The van der Waals surface area contributed by atoms with Crippen molar-refractivity contribution in [1.29, 1.82) is 5.26 Å². The van der Waals surface area contributed by atoms with E-state index >= 15 is 0 Å². The third-order valence-corrected chi connectivity index (χ3v) is 3.89. The summed E-state index contributed by atoms with van der Waals surface area (Å²) in [5.74, 6) is -13.0. The molecule has 0 aromatic heterocycles. The zero-order valence-corrected chi connectivity index (χ0v) is 15.7. The van der Waals surface area contributed by atoms with Crippen LogP contribution in [0.25, 0.3) is 0 Å². The third-order valence-electron chi connectivity index (χ3n) is 3.25. The molecule has 0 aliphatic carbocycles. The van der Waals surface area contributed by atoms with Crippen LogP contribution in [0.5, 0.6) is 0 Å². The molecule has 0 amide bonds. The number of hydrogen-bond donors (Lipinski definition) is 0. The molecule has 1 rings (SSSR count). The van der Waals surface area contributed by atoms with Crippen molar-refractivity contribution in [1.82, 2.24) is 0 Å². The molecule has 0 unspecified atom stereocenters. The number of alkyl halides is 7. The number of halogens is 8. The molecule has 0 heterocycles. The molecule has 0 aliphatic heterocycles. The fraction of sp³-hybridized carbons (Fsp3) is 0.438. The Morgan fingerprint density at radius 1 is 1.21 bits per heavy atom. The van der Waals surface area contributed by atoms with Gasteiger partial charge in [-0.05, 0) is 41.1 Å². The molecule has 0 saturated carbocycles. The molecule has 0 spiro atoms. The summed E-state index contributed by atoms with van der Waals surface area (Å²) in [7, 11) is 0. The van der Waals surface area contributed by atoms with Gasteiger partial charge in [-0.2, -0.15) is 36.0 Å². The minimum atomic E-state index is -6.50. The van der Waals surface area contributed by atoms with Crippen LogP contribution >= 0.6 is 15.9 Å². The fourth-order valence-corrected chi connectivity index (χ4v) is 2.40. The van der Waals surface area contributed by atoms with Gasteiger partial charge in [0.2, 0.25) is 0 Å². The molecule has 1 aromatic rings. The van der Waals surface area contributed by atoms with Gasteiger partial charge in [0.05, 0.1) is 36.8 Å². The Morgan fingerprint density at radius 3 is 2.29 bits per heavy atom. The Morgan fingerprint density at radius 2 is 1.82 bits per heavy atom. The van der Waals surface area contributed by atoms with Crippen LogP contribution in [0.3, 0.4) is 0 Å². The van der Waals surface area contributed by atoms with Crippen molar-refractivity contribution in [2.24, 2.45) is 4.99 Å². The van der Waals surface area contributed by atoms with Crippen LogP contribution in [0.15, 0.2) is 27.7 Å². The van der Waals surface area contributed by atoms with Crippen molar-refractivity contribution < 1.29 is 40.3 Å². The molecule has 4 nitrogen and oxygen atoms in total. The van der Waals surface area contributed by atoms with Crippen LogP contribution in [0.4, 0.5) is 36.4 Å². The predicted octanol–water partition coefficient (Wildman–Crippen LogP) is 5.57. The molecule has 12 heteroatoms. The summed E-state index contributed by atoms with van der Waals surface area (Å²) >= 11 is 2.97. The zero-order chi connectivity index (χ0) is 21.8. The lowest BCUT2D eigenvalue weighted by atomic mass is 10.0. The summed E-state index contributed by atoms with van der Waals surface area (Å²) in [5, 5.41) is 8.77. The minimum Gasteiger partial charge on any atom is -0.466 e. The Bertz CT molecular complexity index is 801. The SMILES string of the molecule is CCOC(=O)CC(CC(F)(F)C(F)(F)C(F)(F)F)=Nc1ccc(C#N)cc1Br. The van der Waals surface area contributed by atoms with Crippen molar-refractivity contribution in [3.8, 4) is 6.07 Å². The number of esters is 1. The van der Waals surface area contributed by atoms with E-state index in [2.05, 4.69) is 25.7 Å². The summed E-state index contributed by atoms with van der Waals surface area (Å²) < 4.78 is 95.5. The van der Waals surface area contributed by atoms with E-state index in [0.29, 0.717) is 0 Å². The second-order valence-electron chi connectivity index (χ2n) is 5.39. The molecule has 0 fully saturated rings. The lowest BCUT2D eigenvalue weighted by Crippen LogP contribution is -2.52. The Balaban J connectivity index is 3.34. The third kappa shape index (κ3) is 5.67. The molecule has 0 atom stereocenters. The molecule has 0 aliphatic rings. The number of carbonyl (C=O) groups excluding carboxylic acids is 1. The maximum absolute atomic E-state index is 13.7. The average Bonchev–Trinajstić information content (AvgIpc) is 2.55. The first-order valence-electron chi connectivity index (χ1n) is 7.49. The highest BCUT2D eigenvalue weighted by Gasteiger charge is 2.72. The van der Waals surface area contributed by atoms with Gasteiger partial charge >= 0.3 is 24.0 Å². The monoisotopic (exact) mass is 476 g/mol. The van der Waals surface area contributed by atoms with E-state index in [1.165, 1.54) is 19.1 Å². The van der Waals surface area contributed by atoms with Gasteiger partial charge < -0.3 is 4.74 Å². The zero-order valence-electron chi connectivity index (χ0n) is 14.1. The van der Waals surface area contributed by atoms with Gasteiger partial charge in [0, 0.05) is 10.2 Å². The van der Waals surface area contributed by atoms with Crippen molar-refractivity contribution in [3.63, 3.8) is 0 Å². The van der Waals surface area contributed by atoms with Crippen LogP contribution in [0.1, 0.15) is 25.3 Å². The number of benzene rings is 1. The molecule has 0 bridgehead atoms. The van der Waals surface area contributed by atoms with Crippen LogP contribution in [0, 0.1) is 11.3 Å². The van der Waals surface area contributed by atoms with E-state index in [-0.39, 0.29) is 22.3 Å². The topological polar surface area (TPSA) is 62.4 Å². The van der Waals surface area contributed by atoms with Crippen molar-refractivity contribution >= 4 is 33.3 Å². The molecule has 1 aromatic carbocycles. The van der Waals surface area contributed by atoms with Crippen LogP contribution in [-0.4, -0.2) is 36.3 Å². The van der Waals surface area contributed by atoms with E-state index in [1.807, 2.05) is 0 Å². The van der Waals surface area contributed by atoms with Gasteiger partial charge in [-0.3, -0.25) is 9.79 Å². The number of ether oxygens (including phenoxy) is 1. The number of nitriles is 1. The Hall–Kier alpha value is -2.16. The number of rotatable bonds is 7. The Labute approximate surface area is 163 Å². The van der Waals surface area contributed by atoms with E-state index in [1.54, 1.807) is 6.07 Å². The molecule has 0 radical (unpaired) electrons. The highest BCUT2D eigenvalue weighted by molar-refractivity contribution is 9.10. The van der Waals surface area contributed by atoms with Crippen molar-refractivity contribution in [2.75, 3.05) is 6.61 Å². The minimum absolute atomic E-state index is 0.0822. The van der Waals surface area contributed by atoms with Crippen molar-refractivity contribution in [2.45, 2.75) is 37.8 Å². The fourth-order valence-electron chi connectivity index (χ4n) is 1.93. The van der Waals surface area contributed by atoms with Gasteiger partial charge in [0.1, 0.15) is 0 Å². The van der Waals surface area contributed by atoms with E-state index < -0.39 is 42.5 Å². The predicted molar refractivity (Wildman–Crippen MR) is 87.8 cm³/mol. The van der Waals surface area contributed by atoms with Gasteiger partial charge in [-0.15, -0.1) is 0 Å². The summed E-state index contributed by atoms with van der Waals surface area (Å²) in [6, 6.07) is 5.36. The molecule has 0 N–H and O–H groups in total. The first kappa shape index (κ1) is 23.9. The summed E-state index contributed by atoms with van der Waals surface area (Å²) in [6.07, 6.45) is -9.66. The van der Waals surface area contributed by atoms with Gasteiger partial charge in [-0.1, -0.05) is 0 Å². The van der Waals surface area contributed by atoms with Gasteiger partial charge in [0.15, 0.2) is 0 Å². The van der Waals surface area contributed by atoms with Gasteiger partial charge in [0.25, 0.3) is 0 Å². The second kappa shape index (κ2) is 8.89. The van der Waals surface area contributed by atoms with E-state index in [4.69, 9.17) is 5.26 Å². The maximum Gasteiger partial charge on any atom is 0.459 e. The first-order chi connectivity index (χ1) is 12.7. The highest BCUT2D eigenvalue weighted by atomic mass is 79.9. The molecule has 154 valence electrons. The largest absolute Gasteiger partial charge is 0.466 e. The molecule has 0 saturated heterocycles. The smallest absolute Gasteiger partial charge is 0.459 e. The van der Waals surface area contributed by atoms with Crippen LogP contribution in [0.2, 0.25) is 0 Å². The van der Waals surface area contributed by atoms with Crippen molar-refractivity contribution in [3.05, 3.63) is 28.2 Å². The quantitative estimate of drug-likeness (QED) is 0.293.